The van der Waals surface area contributed by atoms with Crippen LogP contribution in [-0.4, -0.2) is 15.3 Å². The highest BCUT2D eigenvalue weighted by molar-refractivity contribution is 5.80. The van der Waals surface area contributed by atoms with Crippen molar-refractivity contribution in [2.75, 3.05) is 0 Å². The van der Waals surface area contributed by atoms with E-state index in [0.29, 0.717) is 11.8 Å². The molecule has 104 valence electrons. The van der Waals surface area contributed by atoms with Gasteiger partial charge in [0.25, 0.3) is 5.56 Å². The van der Waals surface area contributed by atoms with Gasteiger partial charge in [0.15, 0.2) is 5.78 Å². The Morgan fingerprint density at radius 2 is 1.80 bits per heavy atom. The third-order valence-electron chi connectivity index (χ3n) is 2.63. The average molecular weight is 280 g/mol. The molecule has 1 aromatic heterocycles. The molecule has 0 aliphatic carbocycles. The zero-order valence-electron chi connectivity index (χ0n) is 10.2. The Morgan fingerprint density at radius 1 is 1.15 bits per heavy atom. The summed E-state index contributed by atoms with van der Waals surface area (Å²) in [4.78, 5) is 35.7. The second kappa shape index (κ2) is 5.60. The molecular formula is C13H10F2N2O3. The fourth-order valence-corrected chi connectivity index (χ4v) is 1.68. The monoisotopic (exact) mass is 280 g/mol. The first-order valence-corrected chi connectivity index (χ1v) is 5.71. The van der Waals surface area contributed by atoms with Crippen LogP contribution < -0.4 is 11.2 Å². The van der Waals surface area contributed by atoms with E-state index in [1.54, 1.807) is 4.98 Å². The van der Waals surface area contributed by atoms with Crippen LogP contribution in [0.2, 0.25) is 0 Å². The molecule has 0 saturated heterocycles. The molecule has 0 saturated carbocycles. The lowest BCUT2D eigenvalue weighted by atomic mass is 10.1. The smallest absolute Gasteiger partial charge is 0.297 e. The molecule has 20 heavy (non-hydrogen) atoms. The Bertz CT molecular complexity index is 747. The van der Waals surface area contributed by atoms with Crippen molar-refractivity contribution in [1.29, 1.82) is 0 Å². The van der Waals surface area contributed by atoms with E-state index in [9.17, 15) is 23.2 Å². The van der Waals surface area contributed by atoms with Crippen LogP contribution in [0.1, 0.15) is 5.56 Å². The van der Waals surface area contributed by atoms with Crippen LogP contribution >= 0.6 is 0 Å². The topological polar surface area (TPSA) is 71.9 Å². The summed E-state index contributed by atoms with van der Waals surface area (Å²) >= 11 is 0. The van der Waals surface area contributed by atoms with Crippen molar-refractivity contribution in [1.82, 2.24) is 9.55 Å². The number of carbonyl (C=O) groups is 1. The number of benzene rings is 1. The van der Waals surface area contributed by atoms with E-state index in [1.165, 1.54) is 24.3 Å². The van der Waals surface area contributed by atoms with Gasteiger partial charge in [-0.2, -0.15) is 4.39 Å². The highest BCUT2D eigenvalue weighted by Gasteiger charge is 2.09. The van der Waals surface area contributed by atoms with Crippen molar-refractivity contribution in [2.24, 2.45) is 0 Å². The SMILES string of the molecule is O=C(Cc1ccc(F)cc1)Cn1cc(F)c(=O)[nH]c1=O. The van der Waals surface area contributed by atoms with Gasteiger partial charge in [-0.15, -0.1) is 0 Å². The number of carbonyl (C=O) groups excluding carboxylic acids is 1. The van der Waals surface area contributed by atoms with Gasteiger partial charge in [0, 0.05) is 6.42 Å². The van der Waals surface area contributed by atoms with Crippen LogP contribution in [0.15, 0.2) is 40.1 Å². The van der Waals surface area contributed by atoms with Gasteiger partial charge in [-0.1, -0.05) is 12.1 Å². The maximum absolute atomic E-state index is 13.0. The number of nitrogens with zero attached hydrogens (tertiary/aromatic N) is 1. The number of rotatable bonds is 4. The molecule has 0 bridgehead atoms. The lowest BCUT2D eigenvalue weighted by molar-refractivity contribution is -0.119. The Labute approximate surface area is 111 Å². The minimum Gasteiger partial charge on any atom is -0.297 e. The molecule has 0 amide bonds. The van der Waals surface area contributed by atoms with Crippen LogP contribution in [0.25, 0.3) is 0 Å². The van der Waals surface area contributed by atoms with Crippen LogP contribution in [0.4, 0.5) is 8.78 Å². The average Bonchev–Trinajstić information content (AvgIpc) is 2.39. The Morgan fingerprint density at radius 3 is 2.45 bits per heavy atom. The van der Waals surface area contributed by atoms with Crippen molar-refractivity contribution in [3.63, 3.8) is 0 Å². The molecule has 0 unspecified atom stereocenters. The van der Waals surface area contributed by atoms with E-state index in [1.807, 2.05) is 0 Å². The quantitative estimate of drug-likeness (QED) is 0.892. The molecule has 2 rings (SSSR count). The molecule has 1 heterocycles. The number of hydrogen-bond acceptors (Lipinski definition) is 3. The lowest BCUT2D eigenvalue weighted by Crippen LogP contribution is -2.33. The van der Waals surface area contributed by atoms with E-state index in [4.69, 9.17) is 0 Å². The standard InChI is InChI=1S/C13H10F2N2O3/c14-9-3-1-8(2-4-9)5-10(18)6-17-7-11(15)12(19)16-13(17)20/h1-4,7H,5-6H2,(H,16,19,20). The Balaban J connectivity index is 2.12. The normalized spacial score (nSPS) is 10.5. The molecular weight excluding hydrogens is 270 g/mol. The molecule has 0 spiro atoms. The number of H-pyrrole nitrogens is 1. The summed E-state index contributed by atoms with van der Waals surface area (Å²) < 4.78 is 26.5. The lowest BCUT2D eigenvalue weighted by Gasteiger charge is -2.04. The predicted molar refractivity (Wildman–Crippen MR) is 66.4 cm³/mol. The Hall–Kier alpha value is -2.57. The molecule has 1 N–H and O–H groups in total. The van der Waals surface area contributed by atoms with Crippen molar-refractivity contribution >= 4 is 5.78 Å². The highest BCUT2D eigenvalue weighted by Crippen LogP contribution is 2.04. The molecule has 0 aliphatic rings. The van der Waals surface area contributed by atoms with Gasteiger partial charge in [-0.25, -0.2) is 9.18 Å². The Kier molecular flexibility index (Phi) is 3.88. The van der Waals surface area contributed by atoms with Crippen molar-refractivity contribution in [2.45, 2.75) is 13.0 Å². The molecule has 0 radical (unpaired) electrons. The van der Waals surface area contributed by atoms with Gasteiger partial charge in [-0.3, -0.25) is 19.1 Å². The summed E-state index contributed by atoms with van der Waals surface area (Å²) in [6.45, 7) is -0.371. The van der Waals surface area contributed by atoms with Crippen LogP contribution in [0.5, 0.6) is 0 Å². The van der Waals surface area contributed by atoms with Gasteiger partial charge in [0.1, 0.15) is 5.82 Å². The van der Waals surface area contributed by atoms with E-state index in [-0.39, 0.29) is 18.7 Å². The first-order valence-electron chi connectivity index (χ1n) is 5.71. The molecule has 7 heteroatoms. The van der Waals surface area contributed by atoms with Crippen LogP contribution in [0, 0.1) is 11.6 Å². The number of Topliss-reactive ketones (excluding diaryl/α,β-unsaturated/α-hetero) is 1. The molecule has 0 fully saturated rings. The number of nitrogens with one attached hydrogen (secondary N) is 1. The second-order valence-corrected chi connectivity index (χ2v) is 4.21. The van der Waals surface area contributed by atoms with Gasteiger partial charge < -0.3 is 0 Å². The summed E-state index contributed by atoms with van der Waals surface area (Å²) in [6, 6.07) is 5.33. The number of ketones is 1. The fourth-order valence-electron chi connectivity index (χ4n) is 1.68. The molecule has 0 aliphatic heterocycles. The summed E-state index contributed by atoms with van der Waals surface area (Å²) in [5, 5.41) is 0. The third-order valence-corrected chi connectivity index (χ3v) is 2.63. The zero-order valence-corrected chi connectivity index (χ0v) is 10.2. The first kappa shape index (κ1) is 13.9. The van der Waals surface area contributed by atoms with Gasteiger partial charge in [0.2, 0.25) is 5.82 Å². The molecule has 1 aromatic carbocycles. The van der Waals surface area contributed by atoms with Crippen LogP contribution in [0.3, 0.4) is 0 Å². The number of halogens is 2. The van der Waals surface area contributed by atoms with E-state index in [2.05, 4.69) is 0 Å². The fraction of sp³-hybridized carbons (Fsp3) is 0.154. The van der Waals surface area contributed by atoms with E-state index >= 15 is 0 Å². The van der Waals surface area contributed by atoms with E-state index < -0.39 is 22.9 Å². The maximum atomic E-state index is 13.0. The van der Waals surface area contributed by atoms with Crippen molar-refractivity contribution in [3.05, 3.63) is 68.5 Å². The number of aromatic nitrogens is 2. The number of hydrogen-bond donors (Lipinski definition) is 1. The predicted octanol–water partition coefficient (Wildman–Crippen LogP) is 0.627. The largest absolute Gasteiger partial charge is 0.328 e. The summed E-state index contributed by atoms with van der Waals surface area (Å²) in [6.07, 6.45) is 0.664. The summed E-state index contributed by atoms with van der Waals surface area (Å²) in [5.74, 6) is -1.93. The summed E-state index contributed by atoms with van der Waals surface area (Å²) in [7, 11) is 0. The highest BCUT2D eigenvalue weighted by atomic mass is 19.1. The molecule has 0 atom stereocenters. The van der Waals surface area contributed by atoms with Gasteiger partial charge >= 0.3 is 5.69 Å². The first-order chi connectivity index (χ1) is 9.45. The maximum Gasteiger partial charge on any atom is 0.328 e. The zero-order chi connectivity index (χ0) is 14.7. The van der Waals surface area contributed by atoms with Crippen molar-refractivity contribution in [3.8, 4) is 0 Å². The number of aromatic amines is 1. The van der Waals surface area contributed by atoms with Crippen LogP contribution in [-0.2, 0) is 17.8 Å². The molecule has 2 aromatic rings. The minimum absolute atomic E-state index is 0.0204. The molecule has 5 nitrogen and oxygen atoms in total. The minimum atomic E-state index is -1.14. The van der Waals surface area contributed by atoms with Crippen molar-refractivity contribution < 1.29 is 13.6 Å². The van der Waals surface area contributed by atoms with E-state index in [0.717, 1.165) is 4.57 Å². The second-order valence-electron chi connectivity index (χ2n) is 4.21. The van der Waals surface area contributed by atoms with Gasteiger partial charge in [-0.05, 0) is 17.7 Å². The summed E-state index contributed by atoms with van der Waals surface area (Å²) in [5.41, 5.74) is -1.41. The third kappa shape index (κ3) is 3.25. The van der Waals surface area contributed by atoms with Gasteiger partial charge in [0.05, 0.1) is 12.7 Å².